The standard InChI is InChI=1S/C23H23BrN2O2/c1-16-5-3-7-19(11-16)25-14-18-9-10-22(21(24)13-18)28-15-23(27)26-20-8-4-6-17(2)12-20/h3-13,25H,14-15H2,1-2H3,(H,26,27). The minimum absolute atomic E-state index is 0.0482. The number of halogens is 1. The van der Waals surface area contributed by atoms with Crippen LogP contribution in [0.25, 0.3) is 0 Å². The van der Waals surface area contributed by atoms with Gasteiger partial charge >= 0.3 is 0 Å². The molecule has 0 radical (unpaired) electrons. The van der Waals surface area contributed by atoms with Gasteiger partial charge in [-0.25, -0.2) is 0 Å². The Morgan fingerprint density at radius 3 is 2.29 bits per heavy atom. The molecule has 4 nitrogen and oxygen atoms in total. The topological polar surface area (TPSA) is 50.4 Å². The largest absolute Gasteiger partial charge is 0.483 e. The maximum atomic E-state index is 12.1. The fourth-order valence-electron chi connectivity index (χ4n) is 2.79. The highest BCUT2D eigenvalue weighted by molar-refractivity contribution is 9.10. The third kappa shape index (κ3) is 5.86. The fraction of sp³-hybridized carbons (Fsp3) is 0.174. The normalized spacial score (nSPS) is 10.4. The van der Waals surface area contributed by atoms with Gasteiger partial charge in [-0.15, -0.1) is 0 Å². The Labute approximate surface area is 174 Å². The van der Waals surface area contributed by atoms with E-state index in [0.29, 0.717) is 12.3 Å². The SMILES string of the molecule is Cc1cccc(NCc2ccc(OCC(=O)Nc3cccc(C)c3)c(Br)c2)c1. The van der Waals surface area contributed by atoms with E-state index in [4.69, 9.17) is 4.74 Å². The minimum atomic E-state index is -0.192. The molecular weight excluding hydrogens is 416 g/mol. The maximum Gasteiger partial charge on any atom is 0.262 e. The van der Waals surface area contributed by atoms with Crippen molar-refractivity contribution < 1.29 is 9.53 Å². The summed E-state index contributed by atoms with van der Waals surface area (Å²) in [6, 6.07) is 21.8. The summed E-state index contributed by atoms with van der Waals surface area (Å²) in [6.07, 6.45) is 0. The first-order chi connectivity index (χ1) is 13.5. The Morgan fingerprint density at radius 1 is 0.929 bits per heavy atom. The third-order valence-corrected chi connectivity index (χ3v) is 4.79. The fourth-order valence-corrected chi connectivity index (χ4v) is 3.33. The molecule has 2 N–H and O–H groups in total. The molecule has 28 heavy (non-hydrogen) atoms. The number of carbonyl (C=O) groups excluding carboxylic acids is 1. The van der Waals surface area contributed by atoms with Gasteiger partial charge in [-0.2, -0.15) is 0 Å². The number of benzene rings is 3. The summed E-state index contributed by atoms with van der Waals surface area (Å²) in [6.45, 7) is 4.71. The van der Waals surface area contributed by atoms with Gasteiger partial charge in [0.05, 0.1) is 4.47 Å². The molecule has 3 rings (SSSR count). The minimum Gasteiger partial charge on any atom is -0.483 e. The number of nitrogens with one attached hydrogen (secondary N) is 2. The van der Waals surface area contributed by atoms with Gasteiger partial charge in [0.15, 0.2) is 6.61 Å². The number of hydrogen-bond acceptors (Lipinski definition) is 3. The highest BCUT2D eigenvalue weighted by Crippen LogP contribution is 2.26. The second kappa shape index (κ2) is 9.42. The second-order valence-electron chi connectivity index (χ2n) is 6.69. The molecule has 5 heteroatoms. The van der Waals surface area contributed by atoms with Crippen molar-refractivity contribution in [2.75, 3.05) is 17.2 Å². The van der Waals surface area contributed by atoms with E-state index in [-0.39, 0.29) is 12.5 Å². The summed E-state index contributed by atoms with van der Waals surface area (Å²) < 4.78 is 6.47. The van der Waals surface area contributed by atoms with Gasteiger partial charge in [-0.3, -0.25) is 4.79 Å². The number of anilines is 2. The molecule has 0 unspecified atom stereocenters. The van der Waals surface area contributed by atoms with Gasteiger partial charge in [0, 0.05) is 17.9 Å². The first kappa shape index (κ1) is 20.0. The van der Waals surface area contributed by atoms with E-state index < -0.39 is 0 Å². The first-order valence-corrected chi connectivity index (χ1v) is 9.87. The van der Waals surface area contributed by atoms with Crippen molar-refractivity contribution in [3.8, 4) is 5.75 Å². The van der Waals surface area contributed by atoms with Crippen LogP contribution < -0.4 is 15.4 Å². The van der Waals surface area contributed by atoms with Crippen molar-refractivity contribution in [3.05, 3.63) is 87.9 Å². The van der Waals surface area contributed by atoms with Crippen molar-refractivity contribution in [1.82, 2.24) is 0 Å². The molecule has 0 saturated heterocycles. The van der Waals surface area contributed by atoms with Crippen LogP contribution in [0.5, 0.6) is 5.75 Å². The molecule has 3 aromatic rings. The average molecular weight is 439 g/mol. The number of amides is 1. The highest BCUT2D eigenvalue weighted by Gasteiger charge is 2.07. The van der Waals surface area contributed by atoms with Crippen molar-refractivity contribution in [1.29, 1.82) is 0 Å². The van der Waals surface area contributed by atoms with Crippen LogP contribution in [0.15, 0.2) is 71.2 Å². The summed E-state index contributed by atoms with van der Waals surface area (Å²) in [4.78, 5) is 12.1. The summed E-state index contributed by atoms with van der Waals surface area (Å²) in [7, 11) is 0. The molecule has 0 aliphatic rings. The van der Waals surface area contributed by atoms with Crippen LogP contribution in [0.4, 0.5) is 11.4 Å². The summed E-state index contributed by atoms with van der Waals surface area (Å²) in [5, 5.41) is 6.24. The van der Waals surface area contributed by atoms with Crippen molar-refractivity contribution in [2.45, 2.75) is 20.4 Å². The molecule has 144 valence electrons. The van der Waals surface area contributed by atoms with Gasteiger partial charge in [0.1, 0.15) is 5.75 Å². The molecule has 3 aromatic carbocycles. The summed E-state index contributed by atoms with van der Waals surface area (Å²) in [5.41, 5.74) is 5.29. The summed E-state index contributed by atoms with van der Waals surface area (Å²) in [5.74, 6) is 0.446. The van der Waals surface area contributed by atoms with E-state index in [1.165, 1.54) is 5.56 Å². The van der Waals surface area contributed by atoms with Gasteiger partial charge in [-0.05, 0) is 82.9 Å². The molecule has 0 bridgehead atoms. The van der Waals surface area contributed by atoms with Crippen LogP contribution in [0.1, 0.15) is 16.7 Å². The smallest absolute Gasteiger partial charge is 0.262 e. The molecular formula is C23H23BrN2O2. The van der Waals surface area contributed by atoms with Gasteiger partial charge in [0.2, 0.25) is 0 Å². The Balaban J connectivity index is 1.53. The number of ether oxygens (including phenoxy) is 1. The zero-order valence-electron chi connectivity index (χ0n) is 16.0. The highest BCUT2D eigenvalue weighted by atomic mass is 79.9. The number of carbonyl (C=O) groups is 1. The zero-order valence-corrected chi connectivity index (χ0v) is 17.5. The molecule has 0 fully saturated rings. The molecule has 0 spiro atoms. The second-order valence-corrected chi connectivity index (χ2v) is 7.55. The van der Waals surface area contributed by atoms with E-state index >= 15 is 0 Å². The lowest BCUT2D eigenvalue weighted by atomic mass is 10.2. The number of hydrogen-bond donors (Lipinski definition) is 2. The monoisotopic (exact) mass is 438 g/mol. The van der Waals surface area contributed by atoms with E-state index in [2.05, 4.69) is 45.6 Å². The van der Waals surface area contributed by atoms with E-state index in [9.17, 15) is 4.79 Å². The predicted octanol–water partition coefficient (Wildman–Crippen LogP) is 5.70. The van der Waals surface area contributed by atoms with Crippen LogP contribution in [-0.4, -0.2) is 12.5 Å². The lowest BCUT2D eigenvalue weighted by Crippen LogP contribution is -2.20. The van der Waals surface area contributed by atoms with E-state index in [1.807, 2.05) is 61.5 Å². The van der Waals surface area contributed by atoms with Crippen molar-refractivity contribution in [2.24, 2.45) is 0 Å². The van der Waals surface area contributed by atoms with Gasteiger partial charge < -0.3 is 15.4 Å². The quantitative estimate of drug-likeness (QED) is 0.497. The number of rotatable bonds is 7. The Kier molecular flexibility index (Phi) is 6.71. The van der Waals surface area contributed by atoms with Gasteiger partial charge in [0.25, 0.3) is 5.91 Å². The van der Waals surface area contributed by atoms with Crippen LogP contribution in [0.3, 0.4) is 0 Å². The Bertz CT molecular complexity index is 972. The summed E-state index contributed by atoms with van der Waals surface area (Å²) >= 11 is 3.53. The maximum absolute atomic E-state index is 12.1. The number of aryl methyl sites for hydroxylation is 2. The van der Waals surface area contributed by atoms with E-state index in [0.717, 1.165) is 27.0 Å². The Hall–Kier alpha value is -2.79. The third-order valence-electron chi connectivity index (χ3n) is 4.17. The molecule has 0 aromatic heterocycles. The van der Waals surface area contributed by atoms with Crippen LogP contribution >= 0.6 is 15.9 Å². The van der Waals surface area contributed by atoms with Crippen LogP contribution in [-0.2, 0) is 11.3 Å². The molecule has 1 amide bonds. The molecule has 0 saturated carbocycles. The molecule has 0 aliphatic carbocycles. The van der Waals surface area contributed by atoms with E-state index in [1.54, 1.807) is 0 Å². The van der Waals surface area contributed by atoms with Crippen molar-refractivity contribution >= 4 is 33.2 Å². The Morgan fingerprint density at radius 2 is 1.61 bits per heavy atom. The van der Waals surface area contributed by atoms with Gasteiger partial charge in [-0.1, -0.05) is 30.3 Å². The molecule has 0 atom stereocenters. The lowest BCUT2D eigenvalue weighted by molar-refractivity contribution is -0.118. The average Bonchev–Trinajstić information content (AvgIpc) is 2.66. The predicted molar refractivity (Wildman–Crippen MR) is 118 cm³/mol. The van der Waals surface area contributed by atoms with Crippen molar-refractivity contribution in [3.63, 3.8) is 0 Å². The first-order valence-electron chi connectivity index (χ1n) is 9.08. The lowest BCUT2D eigenvalue weighted by Gasteiger charge is -2.12. The molecule has 0 aliphatic heterocycles. The zero-order chi connectivity index (χ0) is 19.9. The molecule has 0 heterocycles. The van der Waals surface area contributed by atoms with Crippen LogP contribution in [0, 0.1) is 13.8 Å². The van der Waals surface area contributed by atoms with Crippen LogP contribution in [0.2, 0.25) is 0 Å².